The highest BCUT2D eigenvalue weighted by Crippen LogP contribution is 2.07. The average molecular weight is 218 g/mol. The summed E-state index contributed by atoms with van der Waals surface area (Å²) in [7, 11) is -1.08. The van der Waals surface area contributed by atoms with Gasteiger partial charge in [-0.3, -0.25) is 0 Å². The van der Waals surface area contributed by atoms with E-state index in [4.69, 9.17) is 0 Å². The van der Waals surface area contributed by atoms with Crippen molar-refractivity contribution in [3.63, 3.8) is 0 Å². The average Bonchev–Trinajstić information content (AvgIpc) is 2.05. The van der Waals surface area contributed by atoms with Crippen molar-refractivity contribution in [1.29, 1.82) is 0 Å². The standard InChI is InChI=1S/C8H11BO2S.2H2O/c1-2-12(10,11)8-5-3-7(9)4-6-8;;/h3-6H,2,9H2,1H3;2*1H2. The van der Waals surface area contributed by atoms with Gasteiger partial charge in [-0.05, 0) is 12.1 Å². The zero-order valence-corrected chi connectivity index (χ0v) is 9.06. The van der Waals surface area contributed by atoms with Gasteiger partial charge in [0.25, 0.3) is 0 Å². The minimum Gasteiger partial charge on any atom is -0.412 e. The number of rotatable bonds is 2. The van der Waals surface area contributed by atoms with E-state index in [1.54, 1.807) is 19.1 Å². The largest absolute Gasteiger partial charge is 0.412 e. The van der Waals surface area contributed by atoms with E-state index in [0.717, 1.165) is 5.46 Å². The van der Waals surface area contributed by atoms with Crippen LogP contribution in [0.5, 0.6) is 0 Å². The van der Waals surface area contributed by atoms with E-state index in [1.807, 2.05) is 20.0 Å². The van der Waals surface area contributed by atoms with Crippen molar-refractivity contribution in [1.82, 2.24) is 0 Å². The number of sulfone groups is 1. The van der Waals surface area contributed by atoms with Crippen molar-refractivity contribution in [2.75, 3.05) is 5.75 Å². The molecule has 0 atom stereocenters. The quantitative estimate of drug-likeness (QED) is 0.541. The first-order valence-corrected chi connectivity index (χ1v) is 5.51. The van der Waals surface area contributed by atoms with Gasteiger partial charge in [0.1, 0.15) is 7.85 Å². The zero-order chi connectivity index (χ0) is 9.19. The Morgan fingerprint density at radius 1 is 1.14 bits per heavy atom. The van der Waals surface area contributed by atoms with Crippen molar-refractivity contribution in [2.24, 2.45) is 0 Å². The molecule has 0 amide bonds. The molecule has 0 radical (unpaired) electrons. The summed E-state index contributed by atoms with van der Waals surface area (Å²) in [6, 6.07) is 6.91. The number of hydrogen-bond acceptors (Lipinski definition) is 2. The maximum Gasteiger partial charge on any atom is 0.178 e. The Morgan fingerprint density at radius 2 is 1.57 bits per heavy atom. The molecule has 14 heavy (non-hydrogen) atoms. The number of benzene rings is 1. The Kier molecular flexibility index (Phi) is 6.47. The third-order valence-corrected chi connectivity index (χ3v) is 3.51. The molecule has 80 valence electrons. The van der Waals surface area contributed by atoms with Crippen LogP contribution in [0.1, 0.15) is 6.92 Å². The van der Waals surface area contributed by atoms with Gasteiger partial charge in [-0.1, -0.05) is 24.5 Å². The highest BCUT2D eigenvalue weighted by Gasteiger charge is 2.09. The molecule has 0 aromatic heterocycles. The van der Waals surface area contributed by atoms with Crippen LogP contribution < -0.4 is 5.46 Å². The van der Waals surface area contributed by atoms with Crippen LogP contribution in [-0.4, -0.2) is 33.0 Å². The Morgan fingerprint density at radius 3 is 1.93 bits per heavy atom. The summed E-state index contributed by atoms with van der Waals surface area (Å²) in [4.78, 5) is 0.413. The zero-order valence-electron chi connectivity index (χ0n) is 8.24. The second kappa shape index (κ2) is 5.80. The Bertz CT molecular complexity index is 357. The van der Waals surface area contributed by atoms with Crippen LogP contribution in [0.3, 0.4) is 0 Å². The summed E-state index contributed by atoms with van der Waals surface area (Å²) >= 11 is 0. The van der Waals surface area contributed by atoms with Gasteiger partial charge < -0.3 is 11.0 Å². The molecule has 0 saturated heterocycles. The van der Waals surface area contributed by atoms with Gasteiger partial charge in [-0.25, -0.2) is 8.42 Å². The van der Waals surface area contributed by atoms with E-state index in [-0.39, 0.29) is 16.7 Å². The van der Waals surface area contributed by atoms with E-state index >= 15 is 0 Å². The van der Waals surface area contributed by atoms with E-state index in [9.17, 15) is 8.42 Å². The molecule has 0 bridgehead atoms. The minimum atomic E-state index is -3.01. The van der Waals surface area contributed by atoms with Crippen LogP contribution in [0.15, 0.2) is 29.2 Å². The topological polar surface area (TPSA) is 97.1 Å². The van der Waals surface area contributed by atoms with Crippen molar-refractivity contribution in [2.45, 2.75) is 11.8 Å². The van der Waals surface area contributed by atoms with Gasteiger partial charge in [0.15, 0.2) is 9.84 Å². The highest BCUT2D eigenvalue weighted by atomic mass is 32.2. The molecule has 1 rings (SSSR count). The van der Waals surface area contributed by atoms with Crippen molar-refractivity contribution < 1.29 is 19.4 Å². The SMILES string of the molecule is Bc1ccc(S(=O)(=O)CC)cc1.O.O. The third kappa shape index (κ3) is 3.49. The van der Waals surface area contributed by atoms with Crippen molar-refractivity contribution in [3.8, 4) is 0 Å². The Labute approximate surface area is 84.9 Å². The number of hydrogen-bond donors (Lipinski definition) is 0. The van der Waals surface area contributed by atoms with Crippen LogP contribution in [0.25, 0.3) is 0 Å². The lowest BCUT2D eigenvalue weighted by atomic mass is 9.97. The lowest BCUT2D eigenvalue weighted by Crippen LogP contribution is -2.06. The lowest BCUT2D eigenvalue weighted by Gasteiger charge is -2.00. The van der Waals surface area contributed by atoms with Crippen LogP contribution >= 0.6 is 0 Å². The lowest BCUT2D eigenvalue weighted by molar-refractivity contribution is 0.597. The van der Waals surface area contributed by atoms with Gasteiger partial charge in [0.2, 0.25) is 0 Å². The fourth-order valence-electron chi connectivity index (χ4n) is 0.912. The molecular formula is C8H15BO4S. The monoisotopic (exact) mass is 218 g/mol. The van der Waals surface area contributed by atoms with Gasteiger partial charge in [0, 0.05) is 0 Å². The van der Waals surface area contributed by atoms with Gasteiger partial charge >= 0.3 is 0 Å². The summed E-state index contributed by atoms with van der Waals surface area (Å²) in [6.45, 7) is 1.65. The second-order valence-electron chi connectivity index (χ2n) is 2.72. The van der Waals surface area contributed by atoms with Gasteiger partial charge in [0.05, 0.1) is 10.6 Å². The molecule has 4 N–H and O–H groups in total. The van der Waals surface area contributed by atoms with Gasteiger partial charge in [-0.15, -0.1) is 0 Å². The fourth-order valence-corrected chi connectivity index (χ4v) is 1.80. The van der Waals surface area contributed by atoms with Crippen LogP contribution in [0, 0.1) is 0 Å². The molecule has 0 saturated carbocycles. The fraction of sp³-hybridized carbons (Fsp3) is 0.250. The predicted octanol–water partition coefficient (Wildman–Crippen LogP) is -1.91. The van der Waals surface area contributed by atoms with Gasteiger partial charge in [-0.2, -0.15) is 0 Å². The first kappa shape index (κ1) is 15.6. The maximum absolute atomic E-state index is 11.3. The predicted molar refractivity (Wildman–Crippen MR) is 59.6 cm³/mol. The van der Waals surface area contributed by atoms with Crippen LogP contribution in [-0.2, 0) is 9.84 Å². The summed E-state index contributed by atoms with van der Waals surface area (Å²) in [6.07, 6.45) is 0. The molecule has 0 aliphatic rings. The van der Waals surface area contributed by atoms with E-state index in [0.29, 0.717) is 4.90 Å². The van der Waals surface area contributed by atoms with E-state index < -0.39 is 9.84 Å². The third-order valence-electron chi connectivity index (χ3n) is 1.76. The molecule has 0 aliphatic carbocycles. The minimum absolute atomic E-state index is 0. The van der Waals surface area contributed by atoms with Crippen molar-refractivity contribution in [3.05, 3.63) is 24.3 Å². The maximum atomic E-state index is 11.3. The first-order chi connectivity index (χ1) is 5.56. The Balaban J connectivity index is 0. The first-order valence-electron chi connectivity index (χ1n) is 3.85. The van der Waals surface area contributed by atoms with Crippen molar-refractivity contribution >= 4 is 23.1 Å². The summed E-state index contributed by atoms with van der Waals surface area (Å²) in [5, 5.41) is 0. The smallest absolute Gasteiger partial charge is 0.178 e. The molecule has 1 aromatic rings. The molecule has 4 nitrogen and oxygen atoms in total. The molecule has 0 spiro atoms. The molecule has 0 aliphatic heterocycles. The molecule has 6 heteroatoms. The van der Waals surface area contributed by atoms with Crippen LogP contribution in [0.4, 0.5) is 0 Å². The molecule has 0 fully saturated rings. The van der Waals surface area contributed by atoms with Crippen LogP contribution in [0.2, 0.25) is 0 Å². The van der Waals surface area contributed by atoms with E-state index in [1.165, 1.54) is 0 Å². The van der Waals surface area contributed by atoms with E-state index in [2.05, 4.69) is 0 Å². The molecule has 1 aromatic carbocycles. The molecule has 0 unspecified atom stereocenters. The Hall–Kier alpha value is -0.845. The summed E-state index contributed by atoms with van der Waals surface area (Å²) < 4.78 is 22.6. The normalized spacial score (nSPS) is 9.79. The summed E-state index contributed by atoms with van der Waals surface area (Å²) in [5.41, 5.74) is 1.07. The highest BCUT2D eigenvalue weighted by molar-refractivity contribution is 7.91. The second-order valence-corrected chi connectivity index (χ2v) is 4.99. The summed E-state index contributed by atoms with van der Waals surface area (Å²) in [5.74, 6) is 0.163. The molecular weight excluding hydrogens is 203 g/mol. The molecule has 0 heterocycles.